The summed E-state index contributed by atoms with van der Waals surface area (Å²) >= 11 is 0. The Hall–Kier alpha value is -2.53. The Morgan fingerprint density at radius 1 is 1.30 bits per heavy atom. The number of methoxy groups -OCH3 is 1. The molecule has 0 bridgehead atoms. The van der Waals surface area contributed by atoms with Gasteiger partial charge in [0.25, 0.3) is 0 Å². The van der Waals surface area contributed by atoms with Crippen molar-refractivity contribution in [3.05, 3.63) is 70.8 Å². The number of halogens is 1. The smallest absolute Gasteiger partial charge is 0.337 e. The average Bonchev–Trinajstić information content (AvgIpc) is 3.09. The average molecular weight is 407 g/mol. The number of allylic oxidation sites excluding steroid dienone is 2. The van der Waals surface area contributed by atoms with E-state index in [-0.39, 0.29) is 23.1 Å². The van der Waals surface area contributed by atoms with Crippen LogP contribution >= 0.6 is 0 Å². The normalized spacial score (nSPS) is 31.9. The largest absolute Gasteiger partial charge is 0.465 e. The number of hydrogen-bond donors (Lipinski definition) is 1. The molecule has 1 saturated carbocycles. The molecule has 156 valence electrons. The lowest BCUT2D eigenvalue weighted by Gasteiger charge is -2.52. The van der Waals surface area contributed by atoms with Gasteiger partial charge in [0.15, 0.2) is 0 Å². The molecule has 0 unspecified atom stereocenters. The van der Waals surface area contributed by atoms with Crippen LogP contribution in [0, 0.1) is 23.1 Å². The predicted molar refractivity (Wildman–Crippen MR) is 111 cm³/mol. The van der Waals surface area contributed by atoms with E-state index < -0.39 is 6.10 Å². The van der Waals surface area contributed by atoms with Crippen LogP contribution in [0.25, 0.3) is 5.57 Å². The summed E-state index contributed by atoms with van der Waals surface area (Å²) in [4.78, 5) is 16.0. The summed E-state index contributed by atoms with van der Waals surface area (Å²) in [7, 11) is 1.39. The second kappa shape index (κ2) is 7.02. The molecule has 1 aromatic carbocycles. The molecule has 1 aromatic heterocycles. The molecule has 5 atom stereocenters. The molecule has 2 aromatic rings. The maximum Gasteiger partial charge on any atom is 0.337 e. The molecule has 3 aliphatic carbocycles. The van der Waals surface area contributed by atoms with Crippen molar-refractivity contribution in [1.29, 1.82) is 0 Å². The topological polar surface area (TPSA) is 59.4 Å². The zero-order valence-corrected chi connectivity index (χ0v) is 17.3. The lowest BCUT2D eigenvalue weighted by atomic mass is 9.53. The van der Waals surface area contributed by atoms with Gasteiger partial charge in [-0.15, -0.1) is 0 Å². The van der Waals surface area contributed by atoms with Crippen LogP contribution in [-0.2, 0) is 11.2 Å². The van der Waals surface area contributed by atoms with Crippen molar-refractivity contribution in [3.8, 4) is 0 Å². The number of benzene rings is 1. The summed E-state index contributed by atoms with van der Waals surface area (Å²) in [5, 5.41) is 11.3. The molecule has 1 heterocycles. The van der Waals surface area contributed by atoms with Crippen molar-refractivity contribution in [3.63, 3.8) is 0 Å². The highest BCUT2D eigenvalue weighted by molar-refractivity contribution is 5.89. The number of aliphatic hydroxyl groups is 1. The number of pyridine rings is 1. The van der Waals surface area contributed by atoms with Crippen LogP contribution in [-0.4, -0.2) is 29.3 Å². The lowest BCUT2D eigenvalue weighted by Crippen LogP contribution is -2.47. The number of esters is 1. The number of carbonyl (C=O) groups excluding carboxylic acids is 1. The van der Waals surface area contributed by atoms with Crippen LogP contribution in [0.4, 0.5) is 4.39 Å². The number of rotatable bonds is 2. The van der Waals surface area contributed by atoms with E-state index in [1.807, 2.05) is 18.2 Å². The van der Waals surface area contributed by atoms with E-state index in [0.717, 1.165) is 41.5 Å². The van der Waals surface area contributed by atoms with Crippen LogP contribution in [0.2, 0.25) is 0 Å². The van der Waals surface area contributed by atoms with Crippen LogP contribution in [0.15, 0.2) is 42.7 Å². The van der Waals surface area contributed by atoms with E-state index in [4.69, 9.17) is 4.74 Å². The monoisotopic (exact) mass is 407 g/mol. The minimum Gasteiger partial charge on any atom is -0.465 e. The number of aromatic nitrogens is 1. The highest BCUT2D eigenvalue weighted by Crippen LogP contribution is 2.63. The van der Waals surface area contributed by atoms with Crippen molar-refractivity contribution < 1.29 is 19.0 Å². The summed E-state index contributed by atoms with van der Waals surface area (Å²) in [5.41, 5.74) is 4.61. The first-order chi connectivity index (χ1) is 14.4. The molecule has 0 amide bonds. The Morgan fingerprint density at radius 3 is 2.90 bits per heavy atom. The summed E-state index contributed by atoms with van der Waals surface area (Å²) in [6.07, 6.45) is 8.13. The van der Waals surface area contributed by atoms with E-state index in [9.17, 15) is 14.3 Å². The van der Waals surface area contributed by atoms with Gasteiger partial charge >= 0.3 is 5.97 Å². The van der Waals surface area contributed by atoms with Gasteiger partial charge in [0, 0.05) is 12.1 Å². The van der Waals surface area contributed by atoms with Crippen LogP contribution in [0.3, 0.4) is 0 Å². The third kappa shape index (κ3) is 2.83. The number of hydrogen-bond acceptors (Lipinski definition) is 4. The van der Waals surface area contributed by atoms with Crippen molar-refractivity contribution in [2.75, 3.05) is 7.11 Å². The van der Waals surface area contributed by atoms with Gasteiger partial charge in [-0.1, -0.05) is 19.1 Å². The third-order valence-corrected chi connectivity index (χ3v) is 7.72. The highest BCUT2D eigenvalue weighted by atomic mass is 19.1. The molecular formula is C25H26FNO3. The highest BCUT2D eigenvalue weighted by Gasteiger charge is 2.55. The van der Waals surface area contributed by atoms with Crippen molar-refractivity contribution in [2.24, 2.45) is 17.3 Å². The quantitative estimate of drug-likeness (QED) is 0.744. The molecule has 4 nitrogen and oxygen atoms in total. The van der Waals surface area contributed by atoms with Gasteiger partial charge in [-0.2, -0.15) is 0 Å². The van der Waals surface area contributed by atoms with Gasteiger partial charge in [-0.3, -0.25) is 4.98 Å². The molecular weight excluding hydrogens is 381 g/mol. The summed E-state index contributed by atoms with van der Waals surface area (Å²) in [5.74, 6) is 0.160. The zero-order valence-electron chi connectivity index (χ0n) is 17.3. The summed E-state index contributed by atoms with van der Waals surface area (Å²) < 4.78 is 18.7. The van der Waals surface area contributed by atoms with E-state index in [0.29, 0.717) is 23.8 Å². The molecule has 0 saturated heterocycles. The SMILES string of the molecule is COC(=O)c1ccc2c(c1)CC[C@@H]1[C@@H]2[C@H](O)C[C@]2(C)C(c3cncc(F)c3)=CC[C@@H]12. The maximum absolute atomic E-state index is 13.8. The van der Waals surface area contributed by atoms with Gasteiger partial charge in [0.2, 0.25) is 0 Å². The number of ether oxygens (including phenoxy) is 1. The molecule has 1 fully saturated rings. The first-order valence-electron chi connectivity index (χ1n) is 10.6. The first-order valence-corrected chi connectivity index (χ1v) is 10.6. The number of aliphatic hydroxyl groups excluding tert-OH is 1. The van der Waals surface area contributed by atoms with E-state index in [1.54, 1.807) is 12.3 Å². The molecule has 1 N–H and O–H groups in total. The number of carbonyl (C=O) groups is 1. The fraction of sp³-hybridized carbons (Fsp3) is 0.440. The zero-order chi connectivity index (χ0) is 21.0. The molecule has 0 spiro atoms. The molecule has 0 aliphatic heterocycles. The molecule has 5 heteroatoms. The van der Waals surface area contributed by atoms with Gasteiger partial charge in [0.05, 0.1) is 25.0 Å². The predicted octanol–water partition coefficient (Wildman–Crippen LogP) is 4.53. The second-order valence-corrected chi connectivity index (χ2v) is 9.17. The number of fused-ring (bicyclic) bond motifs is 5. The lowest BCUT2D eigenvalue weighted by molar-refractivity contribution is -0.0196. The van der Waals surface area contributed by atoms with Crippen molar-refractivity contribution >= 4 is 11.5 Å². The van der Waals surface area contributed by atoms with Crippen LogP contribution < -0.4 is 0 Å². The Labute approximate surface area is 175 Å². The van der Waals surface area contributed by atoms with E-state index >= 15 is 0 Å². The van der Waals surface area contributed by atoms with Crippen molar-refractivity contribution in [1.82, 2.24) is 4.98 Å². The fourth-order valence-electron chi connectivity index (χ4n) is 6.48. The standard InChI is InChI=1S/C25H26FNO3/c1-25-11-22(28)23-18-5-4-15(24(29)30-2)9-14(18)3-6-19(23)21(25)8-7-20(25)16-10-17(26)13-27-12-16/h4-5,7,9-10,12-13,19,21-23,28H,3,6,8,11H2,1-2H3/t19-,21-,22+,23+,25+/m0/s1. The van der Waals surface area contributed by atoms with Crippen LogP contribution in [0.1, 0.15) is 59.2 Å². The Balaban J connectivity index is 1.49. The number of aryl methyl sites for hydroxylation is 1. The summed E-state index contributed by atoms with van der Waals surface area (Å²) in [6.45, 7) is 2.22. The van der Waals surface area contributed by atoms with E-state index in [2.05, 4.69) is 18.0 Å². The molecule has 30 heavy (non-hydrogen) atoms. The fourth-order valence-corrected chi connectivity index (χ4v) is 6.48. The third-order valence-electron chi connectivity index (χ3n) is 7.72. The van der Waals surface area contributed by atoms with E-state index in [1.165, 1.54) is 13.3 Å². The first kappa shape index (κ1) is 19.4. The van der Waals surface area contributed by atoms with Gasteiger partial charge < -0.3 is 9.84 Å². The van der Waals surface area contributed by atoms with Crippen LogP contribution in [0.5, 0.6) is 0 Å². The Bertz CT molecular complexity index is 1050. The summed E-state index contributed by atoms with van der Waals surface area (Å²) in [6, 6.07) is 7.29. The van der Waals surface area contributed by atoms with Gasteiger partial charge in [-0.05, 0) is 83.4 Å². The maximum atomic E-state index is 13.8. The molecule has 5 rings (SSSR count). The van der Waals surface area contributed by atoms with Gasteiger partial charge in [-0.25, -0.2) is 9.18 Å². The second-order valence-electron chi connectivity index (χ2n) is 9.17. The van der Waals surface area contributed by atoms with Crippen molar-refractivity contribution in [2.45, 2.75) is 44.6 Å². The number of nitrogens with zero attached hydrogens (tertiary/aromatic N) is 1. The minimum atomic E-state index is -0.484. The Morgan fingerprint density at radius 2 is 2.13 bits per heavy atom. The molecule has 0 radical (unpaired) electrons. The van der Waals surface area contributed by atoms with Gasteiger partial charge in [0.1, 0.15) is 5.82 Å². The molecule has 3 aliphatic rings. The Kier molecular flexibility index (Phi) is 4.55. The minimum absolute atomic E-state index is 0.0666.